The van der Waals surface area contributed by atoms with Gasteiger partial charge in [-0.3, -0.25) is 19.3 Å². The number of nitrogens with zero attached hydrogens (tertiary/aromatic N) is 3. The third-order valence-electron chi connectivity index (χ3n) is 7.77. The molecular weight excluding hydrogens is 494 g/mol. The molecule has 1 spiro atoms. The standard InChI is InChI=1S/C31H23N3O5/c1-17-13-21-24(14-18(17)2)38-28-26(27(21)35)31(34(29(28)36)25-15-19(3)39-32-25)22-11-7-8-12-23(22)33(30(31)37)16-20-9-5-4-6-10-20/h4-15H,16H2,1-3H3. The second kappa shape index (κ2) is 8.01. The van der Waals surface area contributed by atoms with E-state index in [1.165, 1.54) is 4.90 Å². The molecule has 2 aromatic heterocycles. The third-order valence-corrected chi connectivity index (χ3v) is 7.77. The molecule has 0 aliphatic carbocycles. The highest BCUT2D eigenvalue weighted by atomic mass is 16.5. The van der Waals surface area contributed by atoms with Crippen LogP contribution < -0.4 is 15.2 Å². The molecule has 3 aromatic carbocycles. The fourth-order valence-electron chi connectivity index (χ4n) is 5.85. The van der Waals surface area contributed by atoms with E-state index < -0.39 is 22.8 Å². The van der Waals surface area contributed by atoms with Crippen molar-refractivity contribution < 1.29 is 18.5 Å². The van der Waals surface area contributed by atoms with Gasteiger partial charge in [0.15, 0.2) is 16.8 Å². The molecule has 0 fully saturated rings. The SMILES string of the molecule is Cc1cc(N2C(=O)c3oc4cc(C)c(C)cc4c(=O)c3C23C(=O)N(Cc2ccccc2)c2ccccc23)no1. The van der Waals surface area contributed by atoms with Crippen molar-refractivity contribution in [2.24, 2.45) is 0 Å². The van der Waals surface area contributed by atoms with Gasteiger partial charge in [0.1, 0.15) is 11.3 Å². The minimum Gasteiger partial charge on any atom is -0.450 e. The molecule has 0 N–H and O–H groups in total. The van der Waals surface area contributed by atoms with Crippen LogP contribution in [-0.2, 0) is 16.9 Å². The number of rotatable bonds is 3. The molecule has 1 unspecified atom stereocenters. The molecule has 2 amide bonds. The van der Waals surface area contributed by atoms with E-state index in [1.807, 2.05) is 56.3 Å². The van der Waals surface area contributed by atoms with E-state index >= 15 is 0 Å². The maximum absolute atomic E-state index is 14.8. The minimum atomic E-state index is -1.81. The summed E-state index contributed by atoms with van der Waals surface area (Å²) in [7, 11) is 0. The minimum absolute atomic E-state index is 0.00285. The van der Waals surface area contributed by atoms with Crippen molar-refractivity contribution in [2.75, 3.05) is 9.80 Å². The van der Waals surface area contributed by atoms with E-state index in [4.69, 9.17) is 8.94 Å². The number of hydrogen-bond donors (Lipinski definition) is 0. The molecule has 1 atom stereocenters. The van der Waals surface area contributed by atoms with Crippen molar-refractivity contribution in [1.29, 1.82) is 0 Å². The van der Waals surface area contributed by atoms with Gasteiger partial charge in [-0.05, 0) is 55.7 Å². The monoisotopic (exact) mass is 517 g/mol. The molecule has 5 aromatic rings. The lowest BCUT2D eigenvalue weighted by Gasteiger charge is -2.32. The first-order chi connectivity index (χ1) is 18.8. The van der Waals surface area contributed by atoms with Gasteiger partial charge in [-0.1, -0.05) is 53.7 Å². The topological polar surface area (TPSA) is 96.9 Å². The summed E-state index contributed by atoms with van der Waals surface area (Å²) in [5.41, 5.74) is 1.91. The van der Waals surface area contributed by atoms with Crippen molar-refractivity contribution in [3.05, 3.63) is 122 Å². The fourth-order valence-corrected chi connectivity index (χ4v) is 5.85. The molecule has 2 aliphatic rings. The number of anilines is 2. The Bertz CT molecular complexity index is 1910. The lowest BCUT2D eigenvalue weighted by atomic mass is 9.83. The zero-order chi connectivity index (χ0) is 27.1. The first-order valence-corrected chi connectivity index (χ1v) is 12.6. The molecule has 4 heterocycles. The quantitative estimate of drug-likeness (QED) is 0.328. The van der Waals surface area contributed by atoms with Gasteiger partial charge in [0.25, 0.3) is 11.8 Å². The first-order valence-electron chi connectivity index (χ1n) is 12.6. The Morgan fingerprint density at radius 3 is 2.33 bits per heavy atom. The van der Waals surface area contributed by atoms with Crippen LogP contribution in [0.2, 0.25) is 0 Å². The van der Waals surface area contributed by atoms with Gasteiger partial charge in [0.05, 0.1) is 23.2 Å². The highest BCUT2D eigenvalue weighted by Gasteiger charge is 2.66. The number of carbonyl (C=O) groups is 2. The molecule has 0 bridgehead atoms. The molecule has 0 radical (unpaired) electrons. The van der Waals surface area contributed by atoms with Gasteiger partial charge in [-0.25, -0.2) is 0 Å². The van der Waals surface area contributed by atoms with Crippen LogP contribution in [0, 0.1) is 20.8 Å². The van der Waals surface area contributed by atoms with E-state index in [0.717, 1.165) is 16.7 Å². The highest BCUT2D eigenvalue weighted by Crippen LogP contribution is 2.54. The van der Waals surface area contributed by atoms with Crippen molar-refractivity contribution in [1.82, 2.24) is 5.16 Å². The molecule has 0 saturated heterocycles. The Hall–Kier alpha value is -4.98. The normalized spacial score (nSPS) is 17.9. The van der Waals surface area contributed by atoms with Crippen LogP contribution in [0.3, 0.4) is 0 Å². The average molecular weight is 518 g/mol. The van der Waals surface area contributed by atoms with Gasteiger partial charge < -0.3 is 13.8 Å². The molecule has 39 heavy (non-hydrogen) atoms. The van der Waals surface area contributed by atoms with Gasteiger partial charge in [0, 0.05) is 11.6 Å². The fraction of sp³-hybridized carbons (Fsp3) is 0.161. The predicted octanol–water partition coefficient (Wildman–Crippen LogP) is 5.16. The predicted molar refractivity (Wildman–Crippen MR) is 145 cm³/mol. The van der Waals surface area contributed by atoms with E-state index in [1.54, 1.807) is 42.2 Å². The number of aryl methyl sites for hydroxylation is 3. The third kappa shape index (κ3) is 2.99. The van der Waals surface area contributed by atoms with Crippen LogP contribution in [0.15, 0.2) is 86.5 Å². The van der Waals surface area contributed by atoms with Crippen LogP contribution in [0.1, 0.15) is 44.1 Å². The summed E-state index contributed by atoms with van der Waals surface area (Å²) in [4.78, 5) is 46.2. The van der Waals surface area contributed by atoms with Gasteiger partial charge in [-0.2, -0.15) is 0 Å². The number of carbonyl (C=O) groups excluding carboxylic acids is 2. The number of para-hydroxylation sites is 1. The summed E-state index contributed by atoms with van der Waals surface area (Å²) in [6.45, 7) is 5.77. The molecule has 192 valence electrons. The molecule has 8 nitrogen and oxygen atoms in total. The van der Waals surface area contributed by atoms with Crippen LogP contribution in [0.25, 0.3) is 11.0 Å². The second-order valence-corrected chi connectivity index (χ2v) is 10.1. The van der Waals surface area contributed by atoms with Gasteiger partial charge in [-0.15, -0.1) is 0 Å². The lowest BCUT2D eigenvalue weighted by Crippen LogP contribution is -2.53. The Morgan fingerprint density at radius 1 is 0.872 bits per heavy atom. The van der Waals surface area contributed by atoms with Crippen molar-refractivity contribution in [3.8, 4) is 0 Å². The van der Waals surface area contributed by atoms with Crippen LogP contribution >= 0.6 is 0 Å². The zero-order valence-corrected chi connectivity index (χ0v) is 21.5. The van der Waals surface area contributed by atoms with E-state index in [9.17, 15) is 14.4 Å². The summed E-state index contributed by atoms with van der Waals surface area (Å²) in [5, 5.41) is 4.42. The molecular formula is C31H23N3O5. The Kier molecular flexibility index (Phi) is 4.76. The molecule has 7 rings (SSSR count). The number of aromatic nitrogens is 1. The number of hydrogen-bond acceptors (Lipinski definition) is 6. The molecule has 0 saturated carbocycles. The smallest absolute Gasteiger partial charge is 0.297 e. The highest BCUT2D eigenvalue weighted by molar-refractivity contribution is 6.24. The first kappa shape index (κ1) is 23.2. The van der Waals surface area contributed by atoms with Gasteiger partial charge in [0.2, 0.25) is 5.76 Å². The largest absolute Gasteiger partial charge is 0.450 e. The summed E-state index contributed by atoms with van der Waals surface area (Å²) in [6, 6.07) is 21.9. The number of fused-ring (bicyclic) bond motifs is 5. The second-order valence-electron chi connectivity index (χ2n) is 10.1. The van der Waals surface area contributed by atoms with Crippen molar-refractivity contribution in [2.45, 2.75) is 32.9 Å². The summed E-state index contributed by atoms with van der Waals surface area (Å²) in [6.07, 6.45) is 0. The van der Waals surface area contributed by atoms with Crippen LogP contribution in [0.5, 0.6) is 0 Å². The maximum Gasteiger partial charge on any atom is 0.297 e. The Morgan fingerprint density at radius 2 is 1.59 bits per heavy atom. The molecule has 2 aliphatic heterocycles. The summed E-state index contributed by atoms with van der Waals surface area (Å²) in [5.74, 6) is -0.638. The van der Waals surface area contributed by atoms with Crippen LogP contribution in [-0.4, -0.2) is 17.0 Å². The Balaban J connectivity index is 1.58. The number of amides is 2. The van der Waals surface area contributed by atoms with E-state index in [-0.39, 0.29) is 23.7 Å². The molecule has 8 heteroatoms. The summed E-state index contributed by atoms with van der Waals surface area (Å²) < 4.78 is 11.5. The average Bonchev–Trinajstić information content (AvgIpc) is 3.54. The Labute approximate surface area is 223 Å². The van der Waals surface area contributed by atoms with E-state index in [0.29, 0.717) is 28.0 Å². The number of benzene rings is 3. The van der Waals surface area contributed by atoms with Crippen LogP contribution in [0.4, 0.5) is 11.5 Å². The summed E-state index contributed by atoms with van der Waals surface area (Å²) >= 11 is 0. The van der Waals surface area contributed by atoms with Crippen molar-refractivity contribution >= 4 is 34.3 Å². The zero-order valence-electron chi connectivity index (χ0n) is 21.5. The van der Waals surface area contributed by atoms with E-state index in [2.05, 4.69) is 5.16 Å². The maximum atomic E-state index is 14.8. The van der Waals surface area contributed by atoms with Crippen molar-refractivity contribution in [3.63, 3.8) is 0 Å². The van der Waals surface area contributed by atoms with Gasteiger partial charge >= 0.3 is 0 Å². The lowest BCUT2D eigenvalue weighted by molar-refractivity contribution is -0.121.